The van der Waals surface area contributed by atoms with Gasteiger partial charge in [0.05, 0.1) is 17.7 Å². The lowest BCUT2D eigenvalue weighted by atomic mass is 10.0. The third-order valence-electron chi connectivity index (χ3n) is 5.29. The number of hydrogen-bond acceptors (Lipinski definition) is 8. The molecule has 3 rings (SSSR count). The van der Waals surface area contributed by atoms with Crippen LogP contribution in [0.4, 0.5) is 0 Å². The fraction of sp³-hybridized carbons (Fsp3) is 0.273. The van der Waals surface area contributed by atoms with Gasteiger partial charge in [0.1, 0.15) is 11.8 Å². The minimum atomic E-state index is -4.56. The van der Waals surface area contributed by atoms with E-state index in [9.17, 15) is 27.9 Å². The van der Waals surface area contributed by atoms with Gasteiger partial charge in [0.15, 0.2) is 0 Å². The lowest BCUT2D eigenvalue weighted by molar-refractivity contribution is -0.138. The van der Waals surface area contributed by atoms with Crippen LogP contribution in [0.2, 0.25) is 0 Å². The Morgan fingerprint density at radius 2 is 1.76 bits per heavy atom. The number of benzene rings is 2. The maximum Gasteiger partial charge on any atom is 0.326 e. The van der Waals surface area contributed by atoms with Gasteiger partial charge in [0, 0.05) is 12.1 Å². The van der Waals surface area contributed by atoms with Crippen molar-refractivity contribution in [2.24, 2.45) is 5.73 Å². The SMILES string of the molecule is N#Cc1ccc(C(=O)NS(=O)(=O)NC(=O)[C@@H]2CCCN2C(=O)[C@H](N)Cc2ccc(O)cc2)cc1. The maximum absolute atomic E-state index is 12.8. The lowest BCUT2D eigenvalue weighted by Gasteiger charge is -2.26. The molecular weight excluding hydrogens is 462 g/mol. The van der Waals surface area contributed by atoms with Gasteiger partial charge in [0.2, 0.25) is 5.91 Å². The van der Waals surface area contributed by atoms with E-state index in [4.69, 9.17) is 11.0 Å². The van der Waals surface area contributed by atoms with Gasteiger partial charge in [-0.3, -0.25) is 14.4 Å². The Hall–Kier alpha value is -3.95. The molecule has 11 nitrogen and oxygen atoms in total. The summed E-state index contributed by atoms with van der Waals surface area (Å²) in [6.45, 7) is 0.234. The average molecular weight is 486 g/mol. The molecule has 3 amide bonds. The molecule has 0 saturated carbocycles. The third-order valence-corrected chi connectivity index (χ3v) is 6.21. The summed E-state index contributed by atoms with van der Waals surface area (Å²) in [5.74, 6) is -2.37. The minimum absolute atomic E-state index is 0.0188. The predicted octanol–water partition coefficient (Wildman–Crippen LogP) is -0.0843. The number of carbonyl (C=O) groups is 3. The van der Waals surface area contributed by atoms with Crippen LogP contribution in [0.5, 0.6) is 5.75 Å². The van der Waals surface area contributed by atoms with Gasteiger partial charge in [0.25, 0.3) is 11.8 Å². The first-order chi connectivity index (χ1) is 16.1. The number of nitrogens with zero attached hydrogens (tertiary/aromatic N) is 2. The molecule has 2 atom stereocenters. The molecule has 2 aromatic rings. The molecule has 1 heterocycles. The van der Waals surface area contributed by atoms with Crippen LogP contribution in [-0.4, -0.2) is 54.8 Å². The molecule has 1 aliphatic rings. The molecule has 5 N–H and O–H groups in total. The highest BCUT2D eigenvalue weighted by molar-refractivity contribution is 7.88. The number of phenols is 1. The summed E-state index contributed by atoms with van der Waals surface area (Å²) in [6.07, 6.45) is 0.888. The third kappa shape index (κ3) is 6.09. The van der Waals surface area contributed by atoms with Crippen LogP contribution < -0.4 is 15.2 Å². The number of rotatable bonds is 7. The van der Waals surface area contributed by atoms with Gasteiger partial charge in [-0.1, -0.05) is 12.1 Å². The van der Waals surface area contributed by atoms with E-state index in [0.29, 0.717) is 17.5 Å². The first-order valence-electron chi connectivity index (χ1n) is 10.3. The Kier molecular flexibility index (Phi) is 7.50. The zero-order valence-electron chi connectivity index (χ0n) is 18.0. The van der Waals surface area contributed by atoms with Crippen LogP contribution in [0.25, 0.3) is 0 Å². The van der Waals surface area contributed by atoms with Crippen molar-refractivity contribution < 1.29 is 27.9 Å². The first kappa shape index (κ1) is 24.7. The molecule has 0 aliphatic carbocycles. The van der Waals surface area contributed by atoms with E-state index in [1.807, 2.05) is 6.07 Å². The van der Waals surface area contributed by atoms with Crippen molar-refractivity contribution >= 4 is 27.9 Å². The van der Waals surface area contributed by atoms with Crippen LogP contribution in [0.3, 0.4) is 0 Å². The lowest BCUT2D eigenvalue weighted by Crippen LogP contribution is -2.54. The molecule has 0 radical (unpaired) electrons. The van der Waals surface area contributed by atoms with Gasteiger partial charge in [-0.05, 0) is 61.2 Å². The number of phenolic OH excluding ortho intramolecular Hbond substituents is 1. The van der Waals surface area contributed by atoms with Crippen molar-refractivity contribution in [3.05, 3.63) is 65.2 Å². The molecule has 2 aromatic carbocycles. The van der Waals surface area contributed by atoms with Crippen LogP contribution in [0.1, 0.15) is 34.3 Å². The fourth-order valence-corrected chi connectivity index (χ4v) is 4.41. The summed E-state index contributed by atoms with van der Waals surface area (Å²) >= 11 is 0. The summed E-state index contributed by atoms with van der Waals surface area (Å²) in [7, 11) is -4.56. The predicted molar refractivity (Wildman–Crippen MR) is 120 cm³/mol. The zero-order chi connectivity index (χ0) is 24.9. The first-order valence-corrected chi connectivity index (χ1v) is 11.8. The van der Waals surface area contributed by atoms with E-state index in [2.05, 4.69) is 0 Å². The Balaban J connectivity index is 1.62. The van der Waals surface area contributed by atoms with E-state index in [1.165, 1.54) is 41.3 Å². The second-order valence-corrected chi connectivity index (χ2v) is 9.17. The maximum atomic E-state index is 12.8. The highest BCUT2D eigenvalue weighted by atomic mass is 32.2. The molecule has 34 heavy (non-hydrogen) atoms. The molecule has 178 valence electrons. The van der Waals surface area contributed by atoms with Crippen LogP contribution in [-0.2, 0) is 26.2 Å². The van der Waals surface area contributed by atoms with Gasteiger partial charge in [-0.25, -0.2) is 9.44 Å². The number of likely N-dealkylation sites (tertiary alicyclic amines) is 1. The number of nitriles is 1. The molecule has 0 bridgehead atoms. The Morgan fingerprint density at radius 1 is 1.12 bits per heavy atom. The summed E-state index contributed by atoms with van der Waals surface area (Å²) in [6, 6.07) is 11.3. The van der Waals surface area contributed by atoms with Gasteiger partial charge >= 0.3 is 10.2 Å². The smallest absolute Gasteiger partial charge is 0.326 e. The fourth-order valence-electron chi connectivity index (χ4n) is 3.59. The Labute approximate surface area is 196 Å². The van der Waals surface area contributed by atoms with Crippen LogP contribution in [0, 0.1) is 11.3 Å². The summed E-state index contributed by atoms with van der Waals surface area (Å²) in [5, 5.41) is 18.2. The van der Waals surface area contributed by atoms with Gasteiger partial charge in [-0.2, -0.15) is 13.7 Å². The quantitative estimate of drug-likeness (QED) is 0.420. The van der Waals surface area contributed by atoms with Crippen molar-refractivity contribution in [2.75, 3.05) is 6.54 Å². The zero-order valence-corrected chi connectivity index (χ0v) is 18.8. The number of aromatic hydroxyl groups is 1. The molecule has 1 saturated heterocycles. The van der Waals surface area contributed by atoms with Crippen molar-refractivity contribution in [2.45, 2.75) is 31.3 Å². The second kappa shape index (κ2) is 10.3. The second-order valence-electron chi connectivity index (χ2n) is 7.76. The molecule has 0 aromatic heterocycles. The van der Waals surface area contributed by atoms with E-state index >= 15 is 0 Å². The molecule has 1 aliphatic heterocycles. The highest BCUT2D eigenvalue weighted by Crippen LogP contribution is 2.20. The van der Waals surface area contributed by atoms with Crippen LogP contribution in [0.15, 0.2) is 48.5 Å². The largest absolute Gasteiger partial charge is 0.508 e. The van der Waals surface area contributed by atoms with Gasteiger partial charge in [-0.15, -0.1) is 0 Å². The summed E-state index contributed by atoms with van der Waals surface area (Å²) in [5.41, 5.74) is 7.02. The van der Waals surface area contributed by atoms with E-state index in [1.54, 1.807) is 21.6 Å². The van der Waals surface area contributed by atoms with E-state index in [-0.39, 0.29) is 30.7 Å². The topological polar surface area (TPSA) is 183 Å². The number of hydrogen-bond donors (Lipinski definition) is 4. The molecule has 12 heteroatoms. The molecule has 0 unspecified atom stereocenters. The Bertz CT molecular complexity index is 1220. The summed E-state index contributed by atoms with van der Waals surface area (Å²) in [4.78, 5) is 38.9. The van der Waals surface area contributed by atoms with Crippen LogP contribution >= 0.6 is 0 Å². The van der Waals surface area contributed by atoms with Crippen molar-refractivity contribution in [1.82, 2.24) is 14.3 Å². The van der Waals surface area contributed by atoms with Gasteiger partial charge < -0.3 is 15.7 Å². The van der Waals surface area contributed by atoms with Crippen molar-refractivity contribution in [3.8, 4) is 11.8 Å². The van der Waals surface area contributed by atoms with Crippen molar-refractivity contribution in [3.63, 3.8) is 0 Å². The highest BCUT2D eigenvalue weighted by Gasteiger charge is 2.37. The number of nitrogens with two attached hydrogens (primary N) is 1. The summed E-state index contributed by atoms with van der Waals surface area (Å²) < 4.78 is 28.2. The molecule has 1 fully saturated rings. The standard InChI is InChI=1S/C22H23N5O6S/c23-13-15-3-7-16(8-4-15)20(29)25-34(32,33)26-21(30)19-2-1-11-27(19)22(31)18(24)12-14-5-9-17(28)10-6-14/h3-10,18-19,28H,1-2,11-12,24H2,(H,25,29)(H,26,30)/t18-,19+/m1/s1. The monoisotopic (exact) mass is 485 g/mol. The molecule has 0 spiro atoms. The average Bonchev–Trinajstić information content (AvgIpc) is 3.29. The van der Waals surface area contributed by atoms with Crippen molar-refractivity contribution in [1.29, 1.82) is 5.26 Å². The van der Waals surface area contributed by atoms with E-state index < -0.39 is 40.0 Å². The van der Waals surface area contributed by atoms with E-state index in [0.717, 1.165) is 0 Å². The number of carbonyl (C=O) groups excluding carboxylic acids is 3. The Morgan fingerprint density at radius 3 is 2.38 bits per heavy atom. The number of nitrogens with one attached hydrogen (secondary N) is 2. The molecular formula is C22H23N5O6S. The minimum Gasteiger partial charge on any atom is -0.508 e. The number of amides is 3. The normalized spacial score (nSPS) is 16.4.